The zero-order valence-corrected chi connectivity index (χ0v) is 32.1. The number of aliphatic hydroxyl groups is 5. The number of unbranched alkanes of at least 4 members (excludes halogenated alkanes) is 3. The first-order valence-corrected chi connectivity index (χ1v) is 19.0. The number of aliphatic hydroxyl groups excluding tert-OH is 5. The summed E-state index contributed by atoms with van der Waals surface area (Å²) < 4.78 is 0. The number of carbonyl (C=O) groups is 2. The lowest BCUT2D eigenvalue weighted by Gasteiger charge is -2.30. The molecule has 2 aromatic carbocycles. The molecule has 1 heterocycles. The molecule has 14 nitrogen and oxygen atoms in total. The number of nitrogens with zero attached hydrogens (tertiary/aromatic N) is 3. The van der Waals surface area contributed by atoms with E-state index in [-0.39, 0.29) is 40.7 Å². The Bertz CT molecular complexity index is 1600. The summed E-state index contributed by atoms with van der Waals surface area (Å²) in [6, 6.07) is 15.5. The number of hydrogen-bond acceptors (Lipinski definition) is 13. The van der Waals surface area contributed by atoms with Crippen LogP contribution in [0.5, 0.6) is 0 Å². The minimum absolute atomic E-state index is 0.00994. The average Bonchev–Trinajstić information content (AvgIpc) is 3.16. The number of Topliss-reactive ketones (excluding diaryl/α,β-unsaturated/α-hetero) is 1. The lowest BCUT2D eigenvalue weighted by atomic mass is 9.95. The molecule has 0 saturated heterocycles. The standard InChI is InChI=1S/C39H58ClN7O7/c1-3-4-5-8-17-47(23-31(50)34(52)35(53)32(51)24-48)18-9-12-30(49)28-15-13-26(14-16-28)20-43-21-27(19-29-11-7-6-10-25(29)2)22-44-39(54)33-37(41)46-38(42)36(40)45-33/h6-7,10-11,13-16,27,31-32,34-35,43,48,50-53H,3-5,8-9,12,17-24H2,1-2H3,(H,44,54)(H4,41,42,46)/t27-,31-,32-,34-,35-/m1/s1. The number of benzene rings is 2. The average molecular weight is 772 g/mol. The molecule has 0 spiro atoms. The normalized spacial score (nSPS) is 14.4. The molecule has 15 heteroatoms. The Morgan fingerprint density at radius 2 is 1.56 bits per heavy atom. The number of halogens is 1. The SMILES string of the molecule is CCCCCCN(CCCC(=O)c1ccc(CNC[C@H](CNC(=O)c2nc(Cl)c(N)nc2N)Cc2ccccc2C)cc1)C[C@@H](O)[C@@H](O)[C@H](O)[C@H](O)CO. The van der Waals surface area contributed by atoms with Gasteiger partial charge in [0.25, 0.3) is 5.91 Å². The number of nitrogens with one attached hydrogen (secondary N) is 2. The number of hydrogen-bond donors (Lipinski definition) is 9. The molecule has 0 aliphatic rings. The van der Waals surface area contributed by atoms with Gasteiger partial charge in [0.05, 0.1) is 12.7 Å². The molecular weight excluding hydrogens is 714 g/mol. The summed E-state index contributed by atoms with van der Waals surface area (Å²) >= 11 is 5.97. The van der Waals surface area contributed by atoms with Gasteiger partial charge in [-0.2, -0.15) is 0 Å². The number of anilines is 2. The number of amides is 1. The Hall–Kier alpha value is -3.73. The van der Waals surface area contributed by atoms with Crippen LogP contribution in [0.4, 0.5) is 11.6 Å². The summed E-state index contributed by atoms with van der Waals surface area (Å²) in [6.07, 6.45) is -0.656. The van der Waals surface area contributed by atoms with E-state index in [2.05, 4.69) is 46.6 Å². The van der Waals surface area contributed by atoms with Crippen LogP contribution in [0.1, 0.15) is 83.0 Å². The van der Waals surface area contributed by atoms with Crippen LogP contribution in [0.15, 0.2) is 48.5 Å². The maximum absolute atomic E-state index is 13.1. The summed E-state index contributed by atoms with van der Waals surface area (Å²) in [5.74, 6) is -0.642. The third-order valence-corrected chi connectivity index (χ3v) is 9.73. The molecule has 11 N–H and O–H groups in total. The fraction of sp³-hybridized carbons (Fsp3) is 0.538. The number of aromatic nitrogens is 2. The van der Waals surface area contributed by atoms with Crippen molar-refractivity contribution in [2.45, 2.75) is 89.8 Å². The van der Waals surface area contributed by atoms with Gasteiger partial charge in [-0.1, -0.05) is 86.3 Å². The van der Waals surface area contributed by atoms with Crippen LogP contribution in [0.3, 0.4) is 0 Å². The van der Waals surface area contributed by atoms with E-state index in [1.165, 1.54) is 5.56 Å². The summed E-state index contributed by atoms with van der Waals surface area (Å²) in [6.45, 7) is 6.10. The topological polar surface area (TPSA) is 240 Å². The maximum Gasteiger partial charge on any atom is 0.273 e. The van der Waals surface area contributed by atoms with E-state index in [0.29, 0.717) is 57.5 Å². The third-order valence-electron chi connectivity index (χ3n) is 9.46. The molecule has 5 atom stereocenters. The Morgan fingerprint density at radius 1 is 0.870 bits per heavy atom. The predicted octanol–water partition coefficient (Wildman–Crippen LogP) is 2.26. The second kappa shape index (κ2) is 23.2. The highest BCUT2D eigenvalue weighted by Gasteiger charge is 2.31. The van der Waals surface area contributed by atoms with Gasteiger partial charge in [0.15, 0.2) is 28.3 Å². The van der Waals surface area contributed by atoms with Gasteiger partial charge in [-0.05, 0) is 61.9 Å². The largest absolute Gasteiger partial charge is 0.394 e. The molecule has 0 radical (unpaired) electrons. The van der Waals surface area contributed by atoms with Gasteiger partial charge < -0.3 is 52.5 Å². The molecule has 54 heavy (non-hydrogen) atoms. The van der Waals surface area contributed by atoms with Gasteiger partial charge in [-0.15, -0.1) is 0 Å². The van der Waals surface area contributed by atoms with Crippen molar-refractivity contribution in [3.05, 3.63) is 81.6 Å². The van der Waals surface area contributed by atoms with E-state index in [9.17, 15) is 30.0 Å². The predicted molar refractivity (Wildman–Crippen MR) is 210 cm³/mol. The first-order valence-electron chi connectivity index (χ1n) is 18.6. The van der Waals surface area contributed by atoms with E-state index in [1.54, 1.807) is 0 Å². The van der Waals surface area contributed by atoms with Gasteiger partial charge in [0.1, 0.15) is 18.3 Å². The van der Waals surface area contributed by atoms with Crippen LogP contribution < -0.4 is 22.1 Å². The zero-order chi connectivity index (χ0) is 39.6. The molecule has 298 valence electrons. The number of ketones is 1. The van der Waals surface area contributed by atoms with E-state index < -0.39 is 36.9 Å². The number of nitrogen functional groups attached to an aromatic ring is 2. The molecule has 0 unspecified atom stereocenters. The molecule has 0 fully saturated rings. The Kier molecular flexibility index (Phi) is 19.2. The van der Waals surface area contributed by atoms with Crippen molar-refractivity contribution >= 4 is 34.9 Å². The van der Waals surface area contributed by atoms with E-state index in [0.717, 1.165) is 36.8 Å². The van der Waals surface area contributed by atoms with Crippen LogP contribution in [-0.2, 0) is 13.0 Å². The lowest BCUT2D eigenvalue weighted by molar-refractivity contribution is -0.119. The fourth-order valence-electron chi connectivity index (χ4n) is 6.13. The van der Waals surface area contributed by atoms with Crippen molar-refractivity contribution in [3.8, 4) is 0 Å². The van der Waals surface area contributed by atoms with Crippen LogP contribution >= 0.6 is 11.6 Å². The summed E-state index contributed by atoms with van der Waals surface area (Å²) in [4.78, 5) is 35.9. The molecule has 0 aliphatic heterocycles. The maximum atomic E-state index is 13.1. The number of carbonyl (C=O) groups excluding carboxylic acids is 2. The van der Waals surface area contributed by atoms with E-state index >= 15 is 0 Å². The lowest BCUT2D eigenvalue weighted by Crippen LogP contribution is -2.50. The first kappa shape index (κ1) is 44.7. The van der Waals surface area contributed by atoms with Crippen molar-refractivity contribution in [2.75, 3.05) is 50.8 Å². The Morgan fingerprint density at radius 3 is 2.24 bits per heavy atom. The van der Waals surface area contributed by atoms with Gasteiger partial charge >= 0.3 is 0 Å². The monoisotopic (exact) mass is 771 g/mol. The highest BCUT2D eigenvalue weighted by atomic mass is 35.5. The van der Waals surface area contributed by atoms with Crippen molar-refractivity contribution in [1.82, 2.24) is 25.5 Å². The molecule has 1 amide bonds. The van der Waals surface area contributed by atoms with Gasteiger partial charge in [-0.3, -0.25) is 9.59 Å². The molecule has 0 saturated carbocycles. The minimum Gasteiger partial charge on any atom is -0.394 e. The minimum atomic E-state index is -1.68. The van der Waals surface area contributed by atoms with Crippen LogP contribution in [0.25, 0.3) is 0 Å². The highest BCUT2D eigenvalue weighted by molar-refractivity contribution is 6.31. The fourth-order valence-corrected chi connectivity index (χ4v) is 6.25. The molecule has 1 aromatic heterocycles. The zero-order valence-electron chi connectivity index (χ0n) is 31.3. The summed E-state index contributed by atoms with van der Waals surface area (Å²) in [7, 11) is 0. The Balaban J connectivity index is 1.54. The van der Waals surface area contributed by atoms with Crippen molar-refractivity contribution < 1.29 is 35.1 Å². The number of aryl methyl sites for hydroxylation is 1. The molecule has 0 bridgehead atoms. The van der Waals surface area contributed by atoms with Crippen molar-refractivity contribution in [2.24, 2.45) is 5.92 Å². The molecular formula is C39H58ClN7O7. The summed E-state index contributed by atoms with van der Waals surface area (Å²) in [5.41, 5.74) is 15.3. The van der Waals surface area contributed by atoms with Gasteiger partial charge in [0, 0.05) is 38.2 Å². The first-order chi connectivity index (χ1) is 25.8. The third kappa shape index (κ3) is 14.5. The smallest absolute Gasteiger partial charge is 0.273 e. The van der Waals surface area contributed by atoms with Crippen molar-refractivity contribution in [3.63, 3.8) is 0 Å². The second-order valence-electron chi connectivity index (χ2n) is 13.9. The number of rotatable bonds is 25. The summed E-state index contributed by atoms with van der Waals surface area (Å²) in [5, 5.41) is 55.9. The van der Waals surface area contributed by atoms with Crippen LogP contribution in [0, 0.1) is 12.8 Å². The Labute approximate surface area is 323 Å². The molecule has 3 rings (SSSR count). The van der Waals surface area contributed by atoms with E-state index in [4.69, 9.17) is 28.2 Å². The quantitative estimate of drug-likeness (QED) is 0.0444. The molecule has 3 aromatic rings. The van der Waals surface area contributed by atoms with Crippen LogP contribution in [-0.4, -0.2) is 116 Å². The number of nitrogens with two attached hydrogens (primary N) is 2. The highest BCUT2D eigenvalue weighted by Crippen LogP contribution is 2.18. The molecule has 0 aliphatic carbocycles. The van der Waals surface area contributed by atoms with Gasteiger partial charge in [-0.25, -0.2) is 9.97 Å². The second-order valence-corrected chi connectivity index (χ2v) is 14.2. The van der Waals surface area contributed by atoms with Crippen molar-refractivity contribution in [1.29, 1.82) is 0 Å². The van der Waals surface area contributed by atoms with E-state index in [1.807, 2.05) is 41.3 Å². The van der Waals surface area contributed by atoms with Crippen LogP contribution in [0.2, 0.25) is 5.15 Å². The van der Waals surface area contributed by atoms with Gasteiger partial charge in [0.2, 0.25) is 0 Å².